The molecule has 0 amide bonds. The summed E-state index contributed by atoms with van der Waals surface area (Å²) in [6.07, 6.45) is 0.599. The quantitative estimate of drug-likeness (QED) is 0.783. The van der Waals surface area contributed by atoms with Crippen molar-refractivity contribution in [3.05, 3.63) is 29.3 Å². The number of halogens is 2. The van der Waals surface area contributed by atoms with Gasteiger partial charge in [0.05, 0.1) is 5.02 Å². The molecule has 0 bridgehead atoms. The van der Waals surface area contributed by atoms with Gasteiger partial charge in [0, 0.05) is 19.0 Å². The van der Waals surface area contributed by atoms with Crippen LogP contribution in [0.2, 0.25) is 5.02 Å². The van der Waals surface area contributed by atoms with Crippen LogP contribution in [0.4, 0.5) is 0 Å². The Kier molecular flexibility index (Phi) is 5.25. The second kappa shape index (κ2) is 6.05. The highest BCUT2D eigenvalue weighted by Gasteiger charge is 2.22. The Morgan fingerprint density at radius 3 is 2.47 bits per heavy atom. The van der Waals surface area contributed by atoms with Gasteiger partial charge in [-0.05, 0) is 25.5 Å². The molecular formula is C11H15Cl2NO2S. The van der Waals surface area contributed by atoms with E-state index in [0.29, 0.717) is 13.0 Å². The van der Waals surface area contributed by atoms with Crippen LogP contribution in [-0.2, 0) is 10.0 Å². The van der Waals surface area contributed by atoms with Crippen LogP contribution >= 0.6 is 23.2 Å². The Bertz CT molecular complexity index is 474. The van der Waals surface area contributed by atoms with E-state index in [-0.39, 0.29) is 15.3 Å². The fourth-order valence-electron chi connectivity index (χ4n) is 1.30. The number of alkyl halides is 1. The van der Waals surface area contributed by atoms with Gasteiger partial charge < -0.3 is 0 Å². The fraction of sp³-hybridized carbons (Fsp3) is 0.455. The molecule has 1 rings (SSSR count). The number of hydrogen-bond acceptors (Lipinski definition) is 2. The highest BCUT2D eigenvalue weighted by molar-refractivity contribution is 7.89. The average molecular weight is 296 g/mol. The lowest BCUT2D eigenvalue weighted by atomic mass is 10.3. The molecule has 1 unspecified atom stereocenters. The first-order chi connectivity index (χ1) is 7.85. The van der Waals surface area contributed by atoms with Gasteiger partial charge in [-0.2, -0.15) is 0 Å². The molecule has 0 saturated carbocycles. The molecule has 0 saturated heterocycles. The zero-order chi connectivity index (χ0) is 13.1. The third kappa shape index (κ3) is 3.85. The summed E-state index contributed by atoms with van der Waals surface area (Å²) < 4.78 is 25.6. The minimum absolute atomic E-state index is 0.0566. The second-order valence-corrected chi connectivity index (χ2v) is 6.99. The summed E-state index contributed by atoms with van der Waals surface area (Å²) in [6, 6.07) is 6.41. The minimum atomic E-state index is -3.52. The Hall–Kier alpha value is -0.290. The highest BCUT2D eigenvalue weighted by atomic mass is 35.5. The van der Waals surface area contributed by atoms with Crippen molar-refractivity contribution in [2.24, 2.45) is 0 Å². The number of rotatable bonds is 5. The monoisotopic (exact) mass is 295 g/mol. The first-order valence-corrected chi connectivity index (χ1v) is 7.46. The van der Waals surface area contributed by atoms with Gasteiger partial charge in [-0.15, -0.1) is 11.6 Å². The first kappa shape index (κ1) is 14.8. The normalized spacial score (nSPS) is 13.9. The van der Waals surface area contributed by atoms with Crippen molar-refractivity contribution in [1.82, 2.24) is 4.31 Å². The molecule has 0 aromatic heterocycles. The fourth-order valence-corrected chi connectivity index (χ4v) is 3.07. The Balaban J connectivity index is 2.92. The predicted octanol–water partition coefficient (Wildman–Crippen LogP) is 2.98. The summed E-state index contributed by atoms with van der Waals surface area (Å²) in [5, 5.41) is 0.178. The molecule has 1 aromatic rings. The highest BCUT2D eigenvalue weighted by Crippen LogP contribution is 2.23. The molecule has 0 aliphatic carbocycles. The summed E-state index contributed by atoms with van der Waals surface area (Å²) in [6.45, 7) is 2.20. The molecule has 6 heteroatoms. The third-order valence-corrected chi connectivity index (χ3v) is 4.94. The average Bonchev–Trinajstić information content (AvgIpc) is 2.26. The summed E-state index contributed by atoms with van der Waals surface area (Å²) in [5.41, 5.74) is 0. The molecule has 3 nitrogen and oxygen atoms in total. The second-order valence-electron chi connectivity index (χ2n) is 3.83. The molecule has 1 aromatic carbocycles. The van der Waals surface area contributed by atoms with Crippen molar-refractivity contribution in [1.29, 1.82) is 0 Å². The van der Waals surface area contributed by atoms with E-state index in [9.17, 15) is 8.42 Å². The van der Waals surface area contributed by atoms with Gasteiger partial charge in [0.1, 0.15) is 4.90 Å². The Morgan fingerprint density at radius 2 is 1.94 bits per heavy atom. The van der Waals surface area contributed by atoms with Crippen LogP contribution in [0.5, 0.6) is 0 Å². The third-order valence-electron chi connectivity index (χ3n) is 2.37. The van der Waals surface area contributed by atoms with Crippen LogP contribution in [0.25, 0.3) is 0 Å². The van der Waals surface area contributed by atoms with Crippen molar-refractivity contribution in [2.75, 3.05) is 13.6 Å². The van der Waals surface area contributed by atoms with Gasteiger partial charge >= 0.3 is 0 Å². The van der Waals surface area contributed by atoms with Crippen molar-refractivity contribution in [3.8, 4) is 0 Å². The van der Waals surface area contributed by atoms with Crippen LogP contribution in [-0.4, -0.2) is 31.7 Å². The van der Waals surface area contributed by atoms with Crippen LogP contribution in [0.1, 0.15) is 13.3 Å². The van der Waals surface area contributed by atoms with Crippen molar-refractivity contribution >= 4 is 33.2 Å². The molecule has 1 atom stereocenters. The lowest BCUT2D eigenvalue weighted by Gasteiger charge is -2.18. The molecule has 0 fully saturated rings. The molecule has 0 radical (unpaired) electrons. The lowest BCUT2D eigenvalue weighted by Crippen LogP contribution is -2.29. The van der Waals surface area contributed by atoms with Crippen LogP contribution in [0.15, 0.2) is 29.2 Å². The van der Waals surface area contributed by atoms with Gasteiger partial charge in [-0.25, -0.2) is 12.7 Å². The zero-order valence-electron chi connectivity index (χ0n) is 9.73. The van der Waals surface area contributed by atoms with E-state index in [1.165, 1.54) is 17.4 Å². The Labute approximate surface area is 112 Å². The molecule has 0 N–H and O–H groups in total. The standard InChI is InChI=1S/C11H15Cl2NO2S/c1-9(12)7-8-14(2)17(15,16)11-6-4-3-5-10(11)13/h3-6,9H,7-8H2,1-2H3. The zero-order valence-corrected chi connectivity index (χ0v) is 12.1. The molecule has 96 valence electrons. The predicted molar refractivity (Wildman–Crippen MR) is 71.2 cm³/mol. The van der Waals surface area contributed by atoms with E-state index >= 15 is 0 Å². The van der Waals surface area contributed by atoms with Gasteiger partial charge in [0.15, 0.2) is 0 Å². The summed E-state index contributed by atoms with van der Waals surface area (Å²) in [4.78, 5) is 0.131. The van der Waals surface area contributed by atoms with Crippen molar-refractivity contribution < 1.29 is 8.42 Å². The van der Waals surface area contributed by atoms with Crippen molar-refractivity contribution in [3.63, 3.8) is 0 Å². The molecular weight excluding hydrogens is 281 g/mol. The number of hydrogen-bond donors (Lipinski definition) is 0. The van der Waals surface area contributed by atoms with Gasteiger partial charge in [0.25, 0.3) is 0 Å². The van der Waals surface area contributed by atoms with Gasteiger partial charge in [-0.3, -0.25) is 0 Å². The molecule has 0 aliphatic rings. The minimum Gasteiger partial charge on any atom is -0.207 e. The molecule has 0 aliphatic heterocycles. The Morgan fingerprint density at radius 1 is 1.35 bits per heavy atom. The maximum absolute atomic E-state index is 12.2. The summed E-state index contributed by atoms with van der Waals surface area (Å²) in [5.74, 6) is 0. The van der Waals surface area contributed by atoms with E-state index in [1.807, 2.05) is 6.92 Å². The van der Waals surface area contributed by atoms with E-state index in [4.69, 9.17) is 23.2 Å². The topological polar surface area (TPSA) is 37.4 Å². The number of benzene rings is 1. The van der Waals surface area contributed by atoms with E-state index < -0.39 is 10.0 Å². The number of sulfonamides is 1. The largest absolute Gasteiger partial charge is 0.244 e. The van der Waals surface area contributed by atoms with Crippen LogP contribution in [0.3, 0.4) is 0 Å². The van der Waals surface area contributed by atoms with E-state index in [2.05, 4.69) is 0 Å². The molecule has 17 heavy (non-hydrogen) atoms. The summed E-state index contributed by atoms with van der Waals surface area (Å²) in [7, 11) is -2.00. The maximum atomic E-state index is 12.2. The smallest absolute Gasteiger partial charge is 0.207 e. The first-order valence-electron chi connectivity index (χ1n) is 5.20. The van der Waals surface area contributed by atoms with E-state index in [1.54, 1.807) is 18.2 Å². The molecule has 0 spiro atoms. The van der Waals surface area contributed by atoms with Crippen LogP contribution < -0.4 is 0 Å². The lowest BCUT2D eigenvalue weighted by molar-refractivity contribution is 0.460. The SMILES string of the molecule is CC(Cl)CCN(C)S(=O)(=O)c1ccccc1Cl. The molecule has 0 heterocycles. The number of nitrogens with zero attached hydrogens (tertiary/aromatic N) is 1. The maximum Gasteiger partial charge on any atom is 0.244 e. The van der Waals surface area contributed by atoms with Crippen LogP contribution in [0, 0.1) is 0 Å². The van der Waals surface area contributed by atoms with Crippen molar-refractivity contribution in [2.45, 2.75) is 23.6 Å². The van der Waals surface area contributed by atoms with E-state index in [0.717, 1.165) is 0 Å². The summed E-state index contributed by atoms with van der Waals surface area (Å²) >= 11 is 11.7. The van der Waals surface area contributed by atoms with Gasteiger partial charge in [-0.1, -0.05) is 23.7 Å². The van der Waals surface area contributed by atoms with Gasteiger partial charge in [0.2, 0.25) is 10.0 Å².